The van der Waals surface area contributed by atoms with Gasteiger partial charge in [-0.25, -0.2) is 9.97 Å². The number of hydrogen-bond acceptors (Lipinski definition) is 4. The van der Waals surface area contributed by atoms with E-state index in [0.29, 0.717) is 5.82 Å². The first-order valence-corrected chi connectivity index (χ1v) is 7.52. The molecule has 0 aliphatic carbocycles. The number of aromatic amines is 1. The summed E-state index contributed by atoms with van der Waals surface area (Å²) in [6.45, 7) is 5.26. The molecule has 8 heteroatoms. The highest BCUT2D eigenvalue weighted by molar-refractivity contribution is 5.43. The molecule has 1 saturated heterocycles. The van der Waals surface area contributed by atoms with Crippen LogP contribution in [0.15, 0.2) is 12.4 Å². The predicted octanol–water partition coefficient (Wildman–Crippen LogP) is 3.22. The molecule has 0 spiro atoms. The highest BCUT2D eigenvalue weighted by atomic mass is 19.4. The van der Waals surface area contributed by atoms with Gasteiger partial charge in [-0.2, -0.15) is 13.2 Å². The van der Waals surface area contributed by atoms with Crippen LogP contribution < -0.4 is 4.90 Å². The molecule has 1 fully saturated rings. The Balaban J connectivity index is 1.69. The number of H-pyrrole nitrogens is 1. The fourth-order valence-electron chi connectivity index (χ4n) is 2.88. The van der Waals surface area contributed by atoms with Crippen LogP contribution in [0.25, 0.3) is 0 Å². The minimum absolute atomic E-state index is 0.0143. The Labute approximate surface area is 132 Å². The lowest BCUT2D eigenvalue weighted by molar-refractivity contribution is -0.141. The summed E-state index contributed by atoms with van der Waals surface area (Å²) in [5, 5.41) is 0. The van der Waals surface area contributed by atoms with Crippen LogP contribution in [0.2, 0.25) is 0 Å². The molecule has 1 aliphatic heterocycles. The quantitative estimate of drug-likeness (QED) is 0.921. The molecule has 5 nitrogen and oxygen atoms in total. The van der Waals surface area contributed by atoms with E-state index in [1.807, 2.05) is 13.8 Å². The molecule has 2 aromatic heterocycles. The molecule has 0 aromatic carbocycles. The van der Waals surface area contributed by atoms with Crippen molar-refractivity contribution in [1.29, 1.82) is 0 Å². The molecular formula is C15H18F3N5. The molecule has 3 rings (SSSR count). The molecule has 0 amide bonds. The van der Waals surface area contributed by atoms with E-state index in [2.05, 4.69) is 24.8 Å². The summed E-state index contributed by atoms with van der Waals surface area (Å²) in [4.78, 5) is 17.3. The standard InChI is InChI=1S/C15H18F3N5/c1-9-7-19-10(2)14(21-9)23-5-3-11(4-6-23)13-20-8-12(22-13)15(16,17)18/h7-8,11H,3-6H2,1-2H3,(H,20,22). The van der Waals surface area contributed by atoms with Crippen LogP contribution in [0.4, 0.5) is 19.0 Å². The van der Waals surface area contributed by atoms with Gasteiger partial charge >= 0.3 is 6.18 Å². The second-order valence-corrected chi connectivity index (χ2v) is 5.86. The summed E-state index contributed by atoms with van der Waals surface area (Å²) < 4.78 is 37.9. The minimum atomic E-state index is -4.37. The average molecular weight is 325 g/mol. The minimum Gasteiger partial charge on any atom is -0.355 e. The number of nitrogens with one attached hydrogen (secondary N) is 1. The third kappa shape index (κ3) is 3.30. The number of alkyl halides is 3. The monoisotopic (exact) mass is 325 g/mol. The number of imidazole rings is 1. The van der Waals surface area contributed by atoms with E-state index in [-0.39, 0.29) is 5.92 Å². The van der Waals surface area contributed by atoms with Crippen molar-refractivity contribution in [2.24, 2.45) is 0 Å². The van der Waals surface area contributed by atoms with Crippen LogP contribution in [0.3, 0.4) is 0 Å². The Hall–Kier alpha value is -2.12. The van der Waals surface area contributed by atoms with E-state index in [9.17, 15) is 13.2 Å². The summed E-state index contributed by atoms with van der Waals surface area (Å²) in [5.74, 6) is 1.29. The molecule has 2 aromatic rings. The van der Waals surface area contributed by atoms with Gasteiger partial charge in [0.15, 0.2) is 0 Å². The Morgan fingerprint density at radius 1 is 1.13 bits per heavy atom. The maximum absolute atomic E-state index is 12.6. The summed E-state index contributed by atoms with van der Waals surface area (Å²) in [6, 6.07) is 0. The van der Waals surface area contributed by atoms with Crippen molar-refractivity contribution in [1.82, 2.24) is 19.9 Å². The number of rotatable bonds is 2. The Morgan fingerprint density at radius 2 is 1.83 bits per heavy atom. The lowest BCUT2D eigenvalue weighted by Gasteiger charge is -2.32. The zero-order valence-corrected chi connectivity index (χ0v) is 13.0. The first-order valence-electron chi connectivity index (χ1n) is 7.52. The zero-order chi connectivity index (χ0) is 16.6. The van der Waals surface area contributed by atoms with E-state index in [1.165, 1.54) is 0 Å². The highest BCUT2D eigenvalue weighted by Crippen LogP contribution is 2.32. The first-order chi connectivity index (χ1) is 10.8. The van der Waals surface area contributed by atoms with Crippen LogP contribution in [0.1, 0.15) is 41.7 Å². The average Bonchev–Trinajstić information content (AvgIpc) is 3.00. The fraction of sp³-hybridized carbons (Fsp3) is 0.533. The third-order valence-corrected chi connectivity index (χ3v) is 4.13. The van der Waals surface area contributed by atoms with Gasteiger partial charge < -0.3 is 9.88 Å². The number of aromatic nitrogens is 4. The van der Waals surface area contributed by atoms with Crippen molar-refractivity contribution >= 4 is 5.82 Å². The zero-order valence-electron chi connectivity index (χ0n) is 13.0. The normalized spacial score (nSPS) is 16.8. The second-order valence-electron chi connectivity index (χ2n) is 5.86. The maximum Gasteiger partial charge on any atom is 0.432 e. The van der Waals surface area contributed by atoms with Gasteiger partial charge in [-0.3, -0.25) is 4.98 Å². The lowest BCUT2D eigenvalue weighted by atomic mass is 9.96. The first kappa shape index (κ1) is 15.8. The molecule has 0 radical (unpaired) electrons. The molecule has 1 N–H and O–H groups in total. The van der Waals surface area contributed by atoms with Gasteiger partial charge in [0.05, 0.1) is 17.6 Å². The van der Waals surface area contributed by atoms with Crippen molar-refractivity contribution in [3.63, 3.8) is 0 Å². The predicted molar refractivity (Wildman–Crippen MR) is 79.3 cm³/mol. The highest BCUT2D eigenvalue weighted by Gasteiger charge is 2.34. The van der Waals surface area contributed by atoms with Crippen molar-refractivity contribution in [3.8, 4) is 0 Å². The van der Waals surface area contributed by atoms with Crippen LogP contribution in [-0.2, 0) is 6.18 Å². The Kier molecular flexibility index (Phi) is 3.99. The van der Waals surface area contributed by atoms with E-state index < -0.39 is 11.9 Å². The summed E-state index contributed by atoms with van der Waals surface area (Å²) in [7, 11) is 0. The number of anilines is 1. The largest absolute Gasteiger partial charge is 0.432 e. The van der Waals surface area contributed by atoms with Crippen molar-refractivity contribution in [3.05, 3.63) is 35.3 Å². The summed E-state index contributed by atoms with van der Waals surface area (Å²) >= 11 is 0. The molecular weight excluding hydrogens is 307 g/mol. The van der Waals surface area contributed by atoms with Crippen molar-refractivity contribution in [2.45, 2.75) is 38.8 Å². The van der Waals surface area contributed by atoms with Crippen LogP contribution in [-0.4, -0.2) is 33.0 Å². The summed E-state index contributed by atoms with van der Waals surface area (Å²) in [5.41, 5.74) is 0.940. The van der Waals surface area contributed by atoms with Gasteiger partial charge in [0, 0.05) is 25.2 Å². The molecule has 0 saturated carbocycles. The van der Waals surface area contributed by atoms with Gasteiger partial charge in [0.1, 0.15) is 17.3 Å². The SMILES string of the molecule is Cc1cnc(C)c(N2CCC(c3ncc(C(F)(F)F)[nH]3)CC2)n1. The second kappa shape index (κ2) is 5.82. The van der Waals surface area contributed by atoms with E-state index in [4.69, 9.17) is 0 Å². The topological polar surface area (TPSA) is 57.7 Å². The number of aryl methyl sites for hydroxylation is 2. The molecule has 0 unspecified atom stereocenters. The van der Waals surface area contributed by atoms with Gasteiger partial charge in [0.2, 0.25) is 0 Å². The Morgan fingerprint density at radius 3 is 2.43 bits per heavy atom. The Bertz CT molecular complexity index is 687. The van der Waals surface area contributed by atoms with E-state index in [0.717, 1.165) is 49.3 Å². The molecule has 0 atom stereocenters. The maximum atomic E-state index is 12.6. The number of piperidine rings is 1. The molecule has 1 aliphatic rings. The van der Waals surface area contributed by atoms with E-state index in [1.54, 1.807) is 6.20 Å². The number of nitrogens with zero attached hydrogens (tertiary/aromatic N) is 4. The van der Waals surface area contributed by atoms with Crippen LogP contribution >= 0.6 is 0 Å². The fourth-order valence-corrected chi connectivity index (χ4v) is 2.88. The van der Waals surface area contributed by atoms with Gasteiger partial charge in [-0.05, 0) is 26.7 Å². The van der Waals surface area contributed by atoms with E-state index >= 15 is 0 Å². The smallest absolute Gasteiger partial charge is 0.355 e. The molecule has 0 bridgehead atoms. The van der Waals surface area contributed by atoms with Gasteiger partial charge in [0.25, 0.3) is 0 Å². The van der Waals surface area contributed by atoms with Gasteiger partial charge in [-0.15, -0.1) is 0 Å². The molecule has 124 valence electrons. The van der Waals surface area contributed by atoms with Crippen molar-refractivity contribution in [2.75, 3.05) is 18.0 Å². The number of hydrogen-bond donors (Lipinski definition) is 1. The van der Waals surface area contributed by atoms with Crippen molar-refractivity contribution < 1.29 is 13.2 Å². The number of halogens is 3. The molecule has 3 heterocycles. The molecule has 23 heavy (non-hydrogen) atoms. The van der Waals surface area contributed by atoms with Gasteiger partial charge in [-0.1, -0.05) is 0 Å². The third-order valence-electron chi connectivity index (χ3n) is 4.13. The van der Waals surface area contributed by atoms with Crippen LogP contribution in [0, 0.1) is 13.8 Å². The lowest BCUT2D eigenvalue weighted by Crippen LogP contribution is -2.34. The summed E-state index contributed by atoms with van der Waals surface area (Å²) in [6.07, 6.45) is -0.301. The van der Waals surface area contributed by atoms with Crippen LogP contribution in [0.5, 0.6) is 0 Å².